The normalized spacial score (nSPS) is 19.8. The summed E-state index contributed by atoms with van der Waals surface area (Å²) in [7, 11) is -5.90. The molecule has 4 heterocycles. The van der Waals surface area contributed by atoms with Crippen LogP contribution in [-0.2, 0) is 33.8 Å². The number of carbonyl (C=O) groups excluding carboxylic acids is 2. The molecule has 17 heteroatoms. The number of rotatable bonds is 11. The Balaban J connectivity index is 1.44. The first-order valence-corrected chi connectivity index (χ1v) is 27.1. The molecule has 0 aliphatic carbocycles. The molecule has 2 aromatic heterocycles. The van der Waals surface area contributed by atoms with Gasteiger partial charge in [-0.15, -0.1) is 4.90 Å². The topological polar surface area (TPSA) is 158 Å². The number of carbonyl (C=O) groups is 2. The molecule has 2 fully saturated rings. The molecule has 3 atom stereocenters. The van der Waals surface area contributed by atoms with Gasteiger partial charge in [0, 0.05) is 12.1 Å². The lowest BCUT2D eigenvalue weighted by Crippen LogP contribution is -2.65. The first-order chi connectivity index (χ1) is 31.0. The van der Waals surface area contributed by atoms with E-state index in [2.05, 4.69) is 66.8 Å². The zero-order valence-corrected chi connectivity index (χ0v) is 43.0. The van der Waals surface area contributed by atoms with E-state index in [1.54, 1.807) is 41.5 Å². The van der Waals surface area contributed by atoms with Crippen molar-refractivity contribution in [1.82, 2.24) is 19.5 Å². The monoisotopic (exact) mass is 940 g/mol. The van der Waals surface area contributed by atoms with Crippen LogP contribution < -0.4 is 15.0 Å². The maximum absolute atomic E-state index is 14.2. The number of fused-ring (bicyclic) bond motifs is 3. The molecule has 0 unspecified atom stereocenters. The number of imide groups is 1. The van der Waals surface area contributed by atoms with Crippen molar-refractivity contribution in [1.29, 1.82) is 0 Å². The van der Waals surface area contributed by atoms with Crippen LogP contribution in [0.1, 0.15) is 115 Å². The Morgan fingerprint density at radius 3 is 1.94 bits per heavy atom. The van der Waals surface area contributed by atoms with Gasteiger partial charge in [0.2, 0.25) is 17.8 Å². The van der Waals surface area contributed by atoms with Crippen molar-refractivity contribution in [2.45, 2.75) is 162 Å². The number of aromatic nitrogens is 4. The van der Waals surface area contributed by atoms with Crippen LogP contribution in [0.4, 0.5) is 27.2 Å². The molecule has 2 saturated heterocycles. The van der Waals surface area contributed by atoms with Crippen LogP contribution in [0, 0.1) is 0 Å². The highest BCUT2D eigenvalue weighted by atomic mass is 28.5. The smallest absolute Gasteiger partial charge is 0.427 e. The Hall–Kier alpha value is -4.92. The van der Waals surface area contributed by atoms with Crippen molar-refractivity contribution in [3.63, 3.8) is 0 Å². The van der Waals surface area contributed by atoms with Crippen LogP contribution in [-0.4, -0.2) is 78.8 Å². The number of nitrogens with one attached hydrogen (secondary N) is 1. The lowest BCUT2D eigenvalue weighted by atomic mass is 10.1. The fourth-order valence-corrected chi connectivity index (χ4v) is 20.0. The Bertz CT molecular complexity index is 2480. The SMILES string of the molecule is CC(C)[Si]1(C(C)C)OC[C@H]2O[C@@H](n3c(Nc4ccc5ccccc5c4)nc4c(OCc5ccccc5)nc(N(C(=O)OC(C)(C)C)C(=O)OC(C)(C)C)nc43)C[C@@H]2O[Si](C(C)C)(C(C)C)O1. The van der Waals surface area contributed by atoms with Crippen LogP contribution in [0.25, 0.3) is 21.9 Å². The van der Waals surface area contributed by atoms with Crippen molar-refractivity contribution in [2.75, 3.05) is 16.8 Å². The summed E-state index contributed by atoms with van der Waals surface area (Å²) < 4.78 is 49.1. The molecule has 0 spiro atoms. The Labute approximate surface area is 391 Å². The van der Waals surface area contributed by atoms with Gasteiger partial charge >= 0.3 is 29.3 Å². The molecule has 0 radical (unpaired) electrons. The van der Waals surface area contributed by atoms with Crippen LogP contribution >= 0.6 is 0 Å². The molecule has 2 amide bonds. The Kier molecular flexibility index (Phi) is 14.1. The highest BCUT2D eigenvalue weighted by Crippen LogP contribution is 2.49. The van der Waals surface area contributed by atoms with Gasteiger partial charge in [-0.2, -0.15) is 9.97 Å². The second kappa shape index (κ2) is 19.0. The number of ether oxygens (including phenoxy) is 4. The first kappa shape index (κ1) is 49.0. The molecule has 1 N–H and O–H groups in total. The summed E-state index contributed by atoms with van der Waals surface area (Å²) >= 11 is 0. The van der Waals surface area contributed by atoms with Gasteiger partial charge in [0.25, 0.3) is 0 Å². The molecular weight excluding hydrogens is 873 g/mol. The largest absolute Gasteiger partial charge is 0.471 e. The van der Waals surface area contributed by atoms with Crippen LogP contribution in [0.5, 0.6) is 5.88 Å². The van der Waals surface area contributed by atoms with E-state index in [0.29, 0.717) is 17.3 Å². The third-order valence-corrected chi connectivity index (χ3v) is 22.2. The quantitative estimate of drug-likeness (QED) is 0.125. The van der Waals surface area contributed by atoms with E-state index in [1.807, 2.05) is 71.3 Å². The summed E-state index contributed by atoms with van der Waals surface area (Å²) in [6.07, 6.45) is -3.32. The van der Waals surface area contributed by atoms with Gasteiger partial charge < -0.3 is 37.2 Å². The molecule has 7 rings (SSSR count). The molecule has 3 aromatic carbocycles. The Morgan fingerprint density at radius 2 is 1.35 bits per heavy atom. The summed E-state index contributed by atoms with van der Waals surface area (Å²) in [6.45, 7) is 28.2. The van der Waals surface area contributed by atoms with Gasteiger partial charge in [-0.05, 0) is 92.2 Å². The van der Waals surface area contributed by atoms with Gasteiger partial charge in [-0.25, -0.2) is 14.6 Å². The lowest BCUT2D eigenvalue weighted by molar-refractivity contribution is -0.0539. The molecule has 5 aromatic rings. The molecule has 66 heavy (non-hydrogen) atoms. The summed E-state index contributed by atoms with van der Waals surface area (Å²) in [5.41, 5.74) is 0.637. The zero-order valence-electron chi connectivity index (χ0n) is 41.0. The Morgan fingerprint density at radius 1 is 0.758 bits per heavy atom. The second-order valence-electron chi connectivity index (χ2n) is 20.6. The van der Waals surface area contributed by atoms with E-state index in [4.69, 9.17) is 46.9 Å². The van der Waals surface area contributed by atoms with Crippen molar-refractivity contribution in [3.05, 3.63) is 78.4 Å². The van der Waals surface area contributed by atoms with Gasteiger partial charge in [0.05, 0.1) is 12.7 Å². The van der Waals surface area contributed by atoms with Crippen molar-refractivity contribution in [3.8, 4) is 5.88 Å². The first-order valence-electron chi connectivity index (χ1n) is 23.2. The summed E-state index contributed by atoms with van der Waals surface area (Å²) in [6, 6.07) is 23.8. The summed E-state index contributed by atoms with van der Waals surface area (Å²) in [5.74, 6) is 0.0438. The maximum atomic E-state index is 14.2. The minimum atomic E-state index is -3.01. The maximum Gasteiger partial charge on any atom is 0.427 e. The van der Waals surface area contributed by atoms with E-state index in [1.165, 1.54) is 0 Å². The number of nitrogens with zero attached hydrogens (tertiary/aromatic N) is 5. The van der Waals surface area contributed by atoms with Crippen molar-refractivity contribution >= 4 is 68.8 Å². The van der Waals surface area contributed by atoms with Gasteiger partial charge in [0.1, 0.15) is 30.1 Å². The third-order valence-electron chi connectivity index (χ3n) is 11.9. The minimum Gasteiger partial charge on any atom is -0.471 e. The molecule has 15 nitrogen and oxygen atoms in total. The fraction of sp³-hybridized carbons (Fsp3) is 0.531. The average molecular weight is 941 g/mol. The van der Waals surface area contributed by atoms with Gasteiger partial charge in [0.15, 0.2) is 11.2 Å². The molecular formula is C49H68N6O9Si2. The van der Waals surface area contributed by atoms with Gasteiger partial charge in [-0.3, -0.25) is 4.57 Å². The molecule has 2 aliphatic rings. The van der Waals surface area contributed by atoms with E-state index in [9.17, 15) is 9.59 Å². The van der Waals surface area contributed by atoms with E-state index >= 15 is 0 Å². The standard InChI is InChI=1S/C49H68N6O9Si2/c1-30(2)65(31(3)4)59-29-39-38(63-66(64-65,32(5)6)33(7)8)27-40(60-39)54-42-41(51-44(54)50-37-25-24-35-22-18-19-23-36(35)26-37)43(58-28-34-20-16-15-17-21-34)53-45(52-42)55(46(56)61-48(9,10)11)47(57)62-49(12,13)14/h15-26,30-33,38-40H,27-29H2,1-14H3,(H,50,51)/t38-,39+,40+/m0/s1. The number of benzene rings is 3. The van der Waals surface area contributed by atoms with E-state index in [0.717, 1.165) is 22.0 Å². The predicted molar refractivity (Wildman–Crippen MR) is 261 cm³/mol. The highest BCUT2D eigenvalue weighted by Gasteiger charge is 2.60. The number of hydrogen-bond acceptors (Lipinski definition) is 13. The molecule has 356 valence electrons. The third kappa shape index (κ3) is 10.3. The lowest BCUT2D eigenvalue weighted by Gasteiger charge is -2.51. The summed E-state index contributed by atoms with van der Waals surface area (Å²) in [5, 5.41) is 5.66. The van der Waals surface area contributed by atoms with Crippen LogP contribution in [0.3, 0.4) is 0 Å². The second-order valence-corrected chi connectivity index (χ2v) is 29.4. The highest BCUT2D eigenvalue weighted by molar-refractivity contribution is 6.84. The zero-order chi connectivity index (χ0) is 47.9. The average Bonchev–Trinajstić information content (AvgIpc) is 3.78. The number of imidazole rings is 1. The minimum absolute atomic E-state index is 0.0176. The van der Waals surface area contributed by atoms with E-state index < -0.39 is 58.9 Å². The number of anilines is 3. The number of amides is 2. The predicted octanol–water partition coefficient (Wildman–Crippen LogP) is 12.2. The van der Waals surface area contributed by atoms with E-state index in [-0.39, 0.29) is 58.4 Å². The summed E-state index contributed by atoms with van der Waals surface area (Å²) in [4.78, 5) is 43.9. The van der Waals surface area contributed by atoms with Crippen LogP contribution in [0.15, 0.2) is 72.8 Å². The van der Waals surface area contributed by atoms with Crippen molar-refractivity contribution in [2.24, 2.45) is 0 Å². The fourth-order valence-electron chi connectivity index (χ4n) is 8.77. The van der Waals surface area contributed by atoms with Crippen molar-refractivity contribution < 1.29 is 41.5 Å². The van der Waals surface area contributed by atoms with Gasteiger partial charge in [-0.1, -0.05) is 116 Å². The molecule has 0 bridgehead atoms. The number of hydrogen-bond donors (Lipinski definition) is 1. The van der Waals surface area contributed by atoms with Crippen LogP contribution in [0.2, 0.25) is 22.2 Å². The molecule has 2 aliphatic heterocycles. The molecule has 0 saturated carbocycles.